The average molecular weight is 529 g/mol. The van der Waals surface area contributed by atoms with Gasteiger partial charge in [-0.1, -0.05) is 97.1 Å². The molecule has 0 unspecified atom stereocenters. The first-order valence-electron chi connectivity index (χ1n) is 12.4. The van der Waals surface area contributed by atoms with Crippen molar-refractivity contribution < 1.29 is 0 Å². The Morgan fingerprint density at radius 1 is 0.378 bits per heavy atom. The first-order valence-corrected chi connectivity index (χ1v) is 14.9. The Kier molecular flexibility index (Phi) is 5.58. The van der Waals surface area contributed by atoms with E-state index >= 15 is 0 Å². The van der Waals surface area contributed by atoms with Crippen LogP contribution in [0.5, 0.6) is 0 Å². The van der Waals surface area contributed by atoms with Crippen LogP contribution in [0.3, 0.4) is 0 Å². The van der Waals surface area contributed by atoms with Crippen molar-refractivity contribution >= 4 is 52.8 Å². The molecule has 7 aromatic rings. The minimum absolute atomic E-state index is 1.31. The zero-order chi connectivity index (χ0) is 24.9. The van der Waals surface area contributed by atoms with Crippen molar-refractivity contribution in [1.82, 2.24) is 0 Å². The van der Waals surface area contributed by atoms with E-state index in [-0.39, 0.29) is 0 Å². The van der Waals surface area contributed by atoms with Crippen molar-refractivity contribution in [2.45, 2.75) is 13.8 Å². The number of fused-ring (bicyclic) bond motifs is 3. The lowest BCUT2D eigenvalue weighted by Gasteiger charge is -2.10. The van der Waals surface area contributed by atoms with Crippen LogP contribution in [0.15, 0.2) is 109 Å². The monoisotopic (exact) mass is 528 g/mol. The Bertz CT molecular complexity index is 1770. The fourth-order valence-corrected chi connectivity index (χ4v) is 9.32. The fourth-order valence-electron chi connectivity index (χ4n) is 5.22. The maximum Gasteiger partial charge on any atom is 0.0636 e. The van der Waals surface area contributed by atoms with Crippen LogP contribution in [0.1, 0.15) is 11.1 Å². The molecule has 0 saturated heterocycles. The minimum Gasteiger partial charge on any atom is -0.133 e. The molecule has 7 rings (SSSR count). The molecule has 4 aromatic carbocycles. The van der Waals surface area contributed by atoms with Crippen molar-refractivity contribution in [2.75, 3.05) is 0 Å². The van der Waals surface area contributed by atoms with Crippen LogP contribution < -0.4 is 0 Å². The molecule has 0 saturated carbocycles. The predicted molar refractivity (Wildman–Crippen MR) is 166 cm³/mol. The highest BCUT2D eigenvalue weighted by Gasteiger charge is 2.18. The molecule has 178 valence electrons. The maximum atomic E-state index is 2.40. The molecule has 3 heterocycles. The Hall–Kier alpha value is -3.50. The molecule has 0 radical (unpaired) electrons. The highest BCUT2D eigenvalue weighted by molar-refractivity contribution is 7.40. The summed E-state index contributed by atoms with van der Waals surface area (Å²) in [6.45, 7) is 4.40. The molecule has 0 nitrogen and oxygen atoms in total. The van der Waals surface area contributed by atoms with Crippen LogP contribution in [0.4, 0.5) is 0 Å². The third kappa shape index (κ3) is 3.86. The summed E-state index contributed by atoms with van der Waals surface area (Å²) in [5.41, 5.74) is 10.5. The molecule has 3 heteroatoms. The van der Waals surface area contributed by atoms with Gasteiger partial charge in [-0.15, -0.1) is 34.0 Å². The van der Waals surface area contributed by atoms with Gasteiger partial charge in [-0.05, 0) is 70.5 Å². The lowest BCUT2D eigenvalue weighted by atomic mass is 9.95. The van der Waals surface area contributed by atoms with Gasteiger partial charge in [0.05, 0.1) is 9.40 Å². The number of rotatable bonds is 4. The van der Waals surface area contributed by atoms with Gasteiger partial charge in [0.2, 0.25) is 0 Å². The van der Waals surface area contributed by atoms with Gasteiger partial charge in [-0.3, -0.25) is 0 Å². The number of benzene rings is 4. The van der Waals surface area contributed by atoms with Crippen molar-refractivity contribution in [2.24, 2.45) is 0 Å². The normalized spacial score (nSPS) is 11.5. The zero-order valence-electron chi connectivity index (χ0n) is 20.6. The van der Waals surface area contributed by atoms with E-state index in [1.807, 2.05) is 34.0 Å². The Morgan fingerprint density at radius 3 is 1.14 bits per heavy atom. The number of aryl methyl sites for hydroxylation is 2. The second kappa shape index (κ2) is 9.11. The van der Waals surface area contributed by atoms with Crippen LogP contribution in [0.2, 0.25) is 0 Å². The van der Waals surface area contributed by atoms with E-state index in [4.69, 9.17) is 0 Å². The van der Waals surface area contributed by atoms with Gasteiger partial charge in [0.1, 0.15) is 0 Å². The van der Waals surface area contributed by atoms with Gasteiger partial charge in [-0.25, -0.2) is 0 Å². The van der Waals surface area contributed by atoms with Crippen LogP contribution >= 0.6 is 34.0 Å². The van der Waals surface area contributed by atoms with Gasteiger partial charge in [0, 0.05) is 19.2 Å². The summed E-state index contributed by atoms with van der Waals surface area (Å²) in [6, 6.07) is 39.8. The van der Waals surface area contributed by atoms with E-state index in [0.717, 1.165) is 0 Å². The van der Waals surface area contributed by atoms with E-state index in [1.54, 1.807) is 0 Å². The summed E-state index contributed by atoms with van der Waals surface area (Å²) >= 11 is 5.79. The number of hydrogen-bond acceptors (Lipinski definition) is 3. The average Bonchev–Trinajstić information content (AvgIpc) is 3.60. The van der Waals surface area contributed by atoms with Gasteiger partial charge >= 0.3 is 0 Å². The molecule has 0 atom stereocenters. The largest absolute Gasteiger partial charge is 0.133 e. The maximum absolute atomic E-state index is 2.40. The van der Waals surface area contributed by atoms with Crippen molar-refractivity contribution in [1.29, 1.82) is 0 Å². The molecule has 0 fully saturated rings. The van der Waals surface area contributed by atoms with Crippen molar-refractivity contribution in [3.8, 4) is 43.1 Å². The summed E-state index contributed by atoms with van der Waals surface area (Å²) in [5, 5.41) is 0. The standard InChI is InChI=1S/C34H24S3/c1-21-11-3-5-13-23(21)25-15-7-9-17-27(25)29-19-31-33(36-29)34-32(35-31)20-30(37-34)28-18-10-8-16-26(28)24-14-6-4-12-22(24)2/h3-20H,1-2H3. The lowest BCUT2D eigenvalue weighted by molar-refractivity contribution is 1.46. The number of hydrogen-bond donors (Lipinski definition) is 0. The van der Waals surface area contributed by atoms with Crippen LogP contribution in [-0.2, 0) is 0 Å². The first kappa shape index (κ1) is 22.7. The third-order valence-corrected chi connectivity index (χ3v) is 10.9. The van der Waals surface area contributed by atoms with Crippen LogP contribution in [0.25, 0.3) is 61.9 Å². The summed E-state index contributed by atoms with van der Waals surface area (Å²) in [7, 11) is 0. The molecule has 0 aliphatic carbocycles. The first-order chi connectivity index (χ1) is 18.2. The smallest absolute Gasteiger partial charge is 0.0636 e. The van der Waals surface area contributed by atoms with E-state index in [2.05, 4.69) is 123 Å². The molecular weight excluding hydrogens is 505 g/mol. The van der Waals surface area contributed by atoms with Crippen LogP contribution in [-0.4, -0.2) is 0 Å². The molecule has 0 aliphatic heterocycles. The quantitative estimate of drug-likeness (QED) is 0.213. The van der Waals surface area contributed by atoms with E-state index in [1.165, 1.54) is 73.1 Å². The second-order valence-electron chi connectivity index (χ2n) is 9.43. The molecule has 37 heavy (non-hydrogen) atoms. The van der Waals surface area contributed by atoms with Crippen LogP contribution in [0, 0.1) is 13.8 Å². The van der Waals surface area contributed by atoms with E-state index < -0.39 is 0 Å². The molecular formula is C34H24S3. The minimum atomic E-state index is 1.31. The Balaban J connectivity index is 1.35. The van der Waals surface area contributed by atoms with Gasteiger partial charge in [0.25, 0.3) is 0 Å². The Morgan fingerprint density at radius 2 is 0.730 bits per heavy atom. The fraction of sp³-hybridized carbons (Fsp3) is 0.0588. The summed E-state index contributed by atoms with van der Waals surface area (Å²) in [4.78, 5) is 2.69. The number of thiophene rings is 3. The Labute approximate surface area is 229 Å². The SMILES string of the molecule is Cc1ccccc1-c1ccccc1-c1cc2sc3cc(-c4ccccc4-c4ccccc4C)sc3c2s1. The predicted octanol–water partition coefficient (Wildman–Crippen LogP) is 11.5. The molecule has 0 spiro atoms. The molecule has 0 amide bonds. The molecule has 0 aliphatic rings. The molecule has 0 N–H and O–H groups in total. The van der Waals surface area contributed by atoms with Gasteiger partial charge in [-0.2, -0.15) is 0 Å². The second-order valence-corrected chi connectivity index (χ2v) is 12.6. The summed E-state index contributed by atoms with van der Waals surface area (Å²) in [5.74, 6) is 0. The third-order valence-electron chi connectivity index (χ3n) is 7.08. The lowest BCUT2D eigenvalue weighted by Crippen LogP contribution is -1.85. The van der Waals surface area contributed by atoms with Crippen molar-refractivity contribution in [3.63, 3.8) is 0 Å². The summed E-state index contributed by atoms with van der Waals surface area (Å²) < 4.78 is 5.61. The van der Waals surface area contributed by atoms with Gasteiger partial charge < -0.3 is 0 Å². The topological polar surface area (TPSA) is 0 Å². The zero-order valence-corrected chi connectivity index (χ0v) is 23.1. The van der Waals surface area contributed by atoms with Gasteiger partial charge in [0.15, 0.2) is 0 Å². The molecule has 3 aromatic heterocycles. The highest BCUT2D eigenvalue weighted by Crippen LogP contribution is 2.50. The van der Waals surface area contributed by atoms with E-state index in [9.17, 15) is 0 Å². The molecule has 0 bridgehead atoms. The van der Waals surface area contributed by atoms with E-state index in [0.29, 0.717) is 0 Å². The highest BCUT2D eigenvalue weighted by atomic mass is 32.1. The van der Waals surface area contributed by atoms with Crippen molar-refractivity contribution in [3.05, 3.63) is 120 Å². The summed E-state index contributed by atoms with van der Waals surface area (Å²) in [6.07, 6.45) is 0.